The van der Waals surface area contributed by atoms with E-state index in [9.17, 15) is 9.36 Å². The van der Waals surface area contributed by atoms with Crippen LogP contribution >= 0.6 is 7.60 Å². The van der Waals surface area contributed by atoms with Gasteiger partial charge >= 0.3 is 13.3 Å². The molecule has 0 rings (SSSR count). The third kappa shape index (κ3) is 2.88. The summed E-state index contributed by atoms with van der Waals surface area (Å²) in [6.07, 6.45) is 0. The van der Waals surface area contributed by atoms with Crippen LogP contribution in [0, 0.1) is 0 Å². The van der Waals surface area contributed by atoms with Crippen molar-refractivity contribution in [2.24, 2.45) is 0 Å². The maximum atomic E-state index is 11.2. The van der Waals surface area contributed by atoms with Gasteiger partial charge in [-0.15, -0.1) is 9.35 Å². The first kappa shape index (κ1) is 11.5. The number of methoxy groups -OCH3 is 1. The molecule has 8 heteroatoms. The maximum absolute atomic E-state index is 11.2. The molecule has 7 nitrogen and oxygen atoms in total. The van der Waals surface area contributed by atoms with Crippen molar-refractivity contribution in [1.82, 2.24) is 0 Å². The second kappa shape index (κ2) is 5.23. The van der Waals surface area contributed by atoms with Gasteiger partial charge in [-0.25, -0.2) is 19.1 Å². The molecule has 0 radical (unpaired) electrons. The van der Waals surface area contributed by atoms with Crippen LogP contribution in [0.25, 0.3) is 0 Å². The largest absolute Gasteiger partial charge is 0.491 e. The number of hydrogen-bond donors (Lipinski definition) is 0. The van der Waals surface area contributed by atoms with E-state index >= 15 is 0 Å². The third-order valence-electron chi connectivity index (χ3n) is 0.744. The number of ether oxygens (including phenoxy) is 1. The minimum atomic E-state index is -4.12. The zero-order valence-corrected chi connectivity index (χ0v) is 7.70. The summed E-state index contributed by atoms with van der Waals surface area (Å²) in [6, 6.07) is 0. The maximum Gasteiger partial charge on any atom is 0.491 e. The first-order chi connectivity index (χ1) is 5.60. The molecule has 0 aromatic heterocycles. The minimum Gasteiger partial charge on any atom is -0.460 e. The highest BCUT2D eigenvalue weighted by atomic mass is 31.2. The second-order valence-corrected chi connectivity index (χ2v) is 3.11. The van der Waals surface area contributed by atoms with E-state index in [2.05, 4.69) is 23.9 Å². The van der Waals surface area contributed by atoms with Crippen LogP contribution in [0.15, 0.2) is 0 Å². The lowest BCUT2D eigenvalue weighted by Gasteiger charge is -2.10. The molecule has 0 aliphatic rings. The molecule has 0 bridgehead atoms. The first-order valence-electron chi connectivity index (χ1n) is 2.74. The molecule has 0 atom stereocenters. The van der Waals surface area contributed by atoms with Gasteiger partial charge in [0.05, 0.1) is 21.3 Å². The Kier molecular flexibility index (Phi) is 5.03. The molecule has 0 saturated heterocycles. The van der Waals surface area contributed by atoms with Crippen molar-refractivity contribution in [3.8, 4) is 0 Å². The van der Waals surface area contributed by atoms with Gasteiger partial charge in [0.15, 0.2) is 0 Å². The fourth-order valence-corrected chi connectivity index (χ4v) is 1.14. The van der Waals surface area contributed by atoms with E-state index in [4.69, 9.17) is 0 Å². The highest BCUT2D eigenvalue weighted by Gasteiger charge is 2.39. The summed E-state index contributed by atoms with van der Waals surface area (Å²) in [5, 5.41) is 0. The molecule has 0 aliphatic carbocycles. The Hall–Kier alpha value is -0.460. The van der Waals surface area contributed by atoms with Crippen LogP contribution in [-0.2, 0) is 28.4 Å². The van der Waals surface area contributed by atoms with Crippen LogP contribution in [0.4, 0.5) is 4.79 Å². The van der Waals surface area contributed by atoms with E-state index in [-0.39, 0.29) is 0 Å². The third-order valence-corrected chi connectivity index (χ3v) is 2.06. The van der Waals surface area contributed by atoms with E-state index < -0.39 is 13.3 Å². The molecule has 0 N–H and O–H groups in total. The summed E-state index contributed by atoms with van der Waals surface area (Å²) in [6.45, 7) is 0. The van der Waals surface area contributed by atoms with Crippen molar-refractivity contribution in [1.29, 1.82) is 0 Å². The van der Waals surface area contributed by atoms with Gasteiger partial charge in [-0.2, -0.15) is 0 Å². The van der Waals surface area contributed by atoms with Crippen LogP contribution in [0.2, 0.25) is 0 Å². The molecule has 0 heterocycles. The van der Waals surface area contributed by atoms with Crippen molar-refractivity contribution >= 4 is 13.3 Å². The van der Waals surface area contributed by atoms with Gasteiger partial charge in [0.25, 0.3) is 0 Å². The Balaban J connectivity index is 4.38. The molecule has 0 spiro atoms. The predicted molar refractivity (Wildman–Crippen MR) is 36.2 cm³/mol. The SMILES string of the molecule is COOP(=O)(OOC)C(=O)OC. The zero-order chi connectivity index (χ0) is 9.61. The van der Waals surface area contributed by atoms with E-state index in [1.54, 1.807) is 0 Å². The fourth-order valence-electron chi connectivity index (χ4n) is 0.381. The monoisotopic (exact) mass is 200 g/mol. The summed E-state index contributed by atoms with van der Waals surface area (Å²) in [4.78, 5) is 18.7. The zero-order valence-electron chi connectivity index (χ0n) is 6.80. The lowest BCUT2D eigenvalue weighted by Crippen LogP contribution is -2.06. The molecule has 0 saturated carbocycles. The topological polar surface area (TPSA) is 80.3 Å². The molecule has 0 unspecified atom stereocenters. The Morgan fingerprint density at radius 1 is 1.08 bits per heavy atom. The van der Waals surface area contributed by atoms with Gasteiger partial charge in [-0.3, -0.25) is 0 Å². The Morgan fingerprint density at radius 3 is 1.75 bits per heavy atom. The lowest BCUT2D eigenvalue weighted by molar-refractivity contribution is -0.239. The van der Waals surface area contributed by atoms with Crippen LogP contribution in [0.1, 0.15) is 0 Å². The molecule has 0 fully saturated rings. The minimum absolute atomic E-state index is 1.02. The normalized spacial score (nSPS) is 11.2. The molecular weight excluding hydrogens is 191 g/mol. The molecule has 0 aromatic rings. The summed E-state index contributed by atoms with van der Waals surface area (Å²) < 4.78 is 23.4. The molecule has 0 amide bonds. The van der Waals surface area contributed by atoms with Crippen molar-refractivity contribution in [3.05, 3.63) is 0 Å². The van der Waals surface area contributed by atoms with Crippen LogP contribution in [0.5, 0.6) is 0 Å². The van der Waals surface area contributed by atoms with Gasteiger partial charge in [0.2, 0.25) is 0 Å². The fraction of sp³-hybridized carbons (Fsp3) is 0.750. The van der Waals surface area contributed by atoms with Crippen molar-refractivity contribution in [3.63, 3.8) is 0 Å². The lowest BCUT2D eigenvalue weighted by atomic mass is 11.5. The quantitative estimate of drug-likeness (QED) is 0.373. The summed E-state index contributed by atoms with van der Waals surface area (Å²) in [5.74, 6) is 0. The van der Waals surface area contributed by atoms with Gasteiger partial charge < -0.3 is 4.74 Å². The molecule has 0 aliphatic heterocycles. The van der Waals surface area contributed by atoms with Gasteiger partial charge in [-0.05, 0) is 0 Å². The average Bonchev–Trinajstić information content (AvgIpc) is 2.04. The standard InChI is InChI=1S/C4H9O7P/c1-7-4(5)12(6,10-8-2)11-9-3/h1-3H3. The molecule has 72 valence electrons. The van der Waals surface area contributed by atoms with Crippen molar-refractivity contribution < 1.29 is 33.2 Å². The Morgan fingerprint density at radius 2 is 1.50 bits per heavy atom. The average molecular weight is 200 g/mol. The summed E-state index contributed by atoms with van der Waals surface area (Å²) in [7, 11) is -0.967. The number of carbonyl (C=O) groups is 1. The van der Waals surface area contributed by atoms with E-state index in [0.29, 0.717) is 0 Å². The van der Waals surface area contributed by atoms with Crippen LogP contribution in [-0.4, -0.2) is 27.0 Å². The predicted octanol–water partition coefficient (Wildman–Crippen LogP) is 1.10. The van der Waals surface area contributed by atoms with Crippen molar-refractivity contribution in [2.45, 2.75) is 0 Å². The van der Waals surface area contributed by atoms with Gasteiger partial charge in [0, 0.05) is 0 Å². The second-order valence-electron chi connectivity index (χ2n) is 1.45. The summed E-state index contributed by atoms with van der Waals surface area (Å²) in [5.41, 5.74) is -1.20. The summed E-state index contributed by atoms with van der Waals surface area (Å²) >= 11 is 0. The van der Waals surface area contributed by atoms with Crippen LogP contribution in [0.3, 0.4) is 0 Å². The van der Waals surface area contributed by atoms with E-state index in [1.807, 2.05) is 0 Å². The Labute approximate surface area is 68.9 Å². The van der Waals surface area contributed by atoms with Crippen molar-refractivity contribution in [2.75, 3.05) is 21.3 Å². The van der Waals surface area contributed by atoms with E-state index in [1.165, 1.54) is 0 Å². The molecular formula is C4H9O7P. The van der Waals surface area contributed by atoms with Gasteiger partial charge in [-0.1, -0.05) is 0 Å². The number of carbonyl (C=O) groups excluding carboxylic acids is 1. The Bertz CT molecular complexity index is 180. The highest BCUT2D eigenvalue weighted by Crippen LogP contribution is 2.49. The smallest absolute Gasteiger partial charge is 0.460 e. The highest BCUT2D eigenvalue weighted by molar-refractivity contribution is 7.71. The number of rotatable bonds is 5. The van der Waals surface area contributed by atoms with E-state index in [0.717, 1.165) is 21.3 Å². The van der Waals surface area contributed by atoms with Crippen LogP contribution < -0.4 is 0 Å². The molecule has 0 aromatic carbocycles. The first-order valence-corrected chi connectivity index (χ1v) is 4.28. The molecule has 12 heavy (non-hydrogen) atoms. The van der Waals surface area contributed by atoms with Gasteiger partial charge in [0.1, 0.15) is 0 Å². The number of hydrogen-bond acceptors (Lipinski definition) is 7.